The molecule has 0 amide bonds. The Kier molecular flexibility index (Phi) is 2.63. The summed E-state index contributed by atoms with van der Waals surface area (Å²) in [5.41, 5.74) is 3.97. The molecule has 92 valence electrons. The zero-order valence-electron chi connectivity index (χ0n) is 9.87. The molecule has 0 aliphatic carbocycles. The Hall–Kier alpha value is -1.74. The lowest BCUT2D eigenvalue weighted by atomic mass is 10.0. The van der Waals surface area contributed by atoms with E-state index >= 15 is 0 Å². The van der Waals surface area contributed by atoms with E-state index in [1.807, 2.05) is 25.2 Å². The molecule has 4 heteroatoms. The summed E-state index contributed by atoms with van der Waals surface area (Å²) in [7, 11) is 2.03. The molecule has 0 fully saturated rings. The van der Waals surface area contributed by atoms with Gasteiger partial charge in [-0.25, -0.2) is 4.39 Å². The molecule has 3 rings (SSSR count). The summed E-state index contributed by atoms with van der Waals surface area (Å²) < 4.78 is 13.3. The molecular formula is C14H12ClFN2. The predicted octanol–water partition coefficient (Wildman–Crippen LogP) is 3.97. The van der Waals surface area contributed by atoms with Crippen molar-refractivity contribution < 1.29 is 4.39 Å². The number of rotatable bonds is 1. The number of nitrogens with zero attached hydrogens (tertiary/aromatic N) is 1. The monoisotopic (exact) mass is 262 g/mol. The zero-order chi connectivity index (χ0) is 12.7. The van der Waals surface area contributed by atoms with Gasteiger partial charge in [-0.05, 0) is 41.5 Å². The Labute approximate surface area is 110 Å². The average molecular weight is 263 g/mol. The van der Waals surface area contributed by atoms with Crippen molar-refractivity contribution in [2.24, 2.45) is 0 Å². The van der Waals surface area contributed by atoms with Crippen molar-refractivity contribution in [3.63, 3.8) is 0 Å². The molecule has 2 aromatic rings. The van der Waals surface area contributed by atoms with Gasteiger partial charge in [-0.1, -0.05) is 17.7 Å². The minimum Gasteiger partial charge on any atom is -0.366 e. The summed E-state index contributed by atoms with van der Waals surface area (Å²) >= 11 is 5.88. The summed E-state index contributed by atoms with van der Waals surface area (Å²) in [5.74, 6) is -0.317. The molecule has 0 bridgehead atoms. The van der Waals surface area contributed by atoms with E-state index in [2.05, 4.69) is 10.2 Å². The highest BCUT2D eigenvalue weighted by Crippen LogP contribution is 2.35. The highest BCUT2D eigenvalue weighted by atomic mass is 35.5. The van der Waals surface area contributed by atoms with Crippen LogP contribution in [0.4, 0.5) is 15.8 Å². The van der Waals surface area contributed by atoms with Crippen molar-refractivity contribution in [1.82, 2.24) is 0 Å². The van der Waals surface area contributed by atoms with Crippen molar-refractivity contribution in [2.75, 3.05) is 23.9 Å². The van der Waals surface area contributed by atoms with Gasteiger partial charge in [0.25, 0.3) is 0 Å². The highest BCUT2D eigenvalue weighted by molar-refractivity contribution is 6.30. The lowest BCUT2D eigenvalue weighted by Gasteiger charge is -2.10. The van der Waals surface area contributed by atoms with Gasteiger partial charge in [0.1, 0.15) is 5.82 Å². The predicted molar refractivity (Wildman–Crippen MR) is 73.7 cm³/mol. The number of anilines is 2. The van der Waals surface area contributed by atoms with Crippen molar-refractivity contribution in [3.8, 4) is 11.1 Å². The second-order valence-electron chi connectivity index (χ2n) is 4.42. The van der Waals surface area contributed by atoms with Crippen LogP contribution in [-0.2, 0) is 0 Å². The van der Waals surface area contributed by atoms with Crippen LogP contribution in [0, 0.1) is 5.82 Å². The quantitative estimate of drug-likeness (QED) is 0.837. The second-order valence-corrected chi connectivity index (χ2v) is 4.86. The SMILES string of the molecule is CN1CNc2cc(-c3cc(F)cc(Cl)c3)ccc21. The molecular weight excluding hydrogens is 251 g/mol. The minimum atomic E-state index is -0.317. The van der Waals surface area contributed by atoms with Gasteiger partial charge in [-0.2, -0.15) is 0 Å². The van der Waals surface area contributed by atoms with Crippen LogP contribution in [0.5, 0.6) is 0 Å². The Morgan fingerprint density at radius 3 is 2.78 bits per heavy atom. The third kappa shape index (κ3) is 1.91. The fourth-order valence-electron chi connectivity index (χ4n) is 2.20. The van der Waals surface area contributed by atoms with Crippen LogP contribution in [0.3, 0.4) is 0 Å². The van der Waals surface area contributed by atoms with E-state index in [1.54, 1.807) is 6.07 Å². The summed E-state index contributed by atoms with van der Waals surface area (Å²) in [6.07, 6.45) is 0. The van der Waals surface area contributed by atoms with Crippen LogP contribution in [-0.4, -0.2) is 13.7 Å². The normalized spacial score (nSPS) is 13.4. The van der Waals surface area contributed by atoms with Crippen LogP contribution >= 0.6 is 11.6 Å². The van der Waals surface area contributed by atoms with Gasteiger partial charge in [-0.15, -0.1) is 0 Å². The largest absolute Gasteiger partial charge is 0.366 e. The van der Waals surface area contributed by atoms with Gasteiger partial charge in [0, 0.05) is 12.1 Å². The van der Waals surface area contributed by atoms with Gasteiger partial charge in [0.2, 0.25) is 0 Å². The molecule has 18 heavy (non-hydrogen) atoms. The van der Waals surface area contributed by atoms with Crippen LogP contribution < -0.4 is 10.2 Å². The van der Waals surface area contributed by atoms with Crippen molar-refractivity contribution in [3.05, 3.63) is 47.2 Å². The molecule has 0 saturated carbocycles. The standard InChI is InChI=1S/C14H12ClFN2/c1-18-8-17-13-6-9(2-3-14(13)18)10-4-11(15)7-12(16)5-10/h2-7,17H,8H2,1H3. The van der Waals surface area contributed by atoms with Gasteiger partial charge < -0.3 is 10.2 Å². The lowest BCUT2D eigenvalue weighted by Crippen LogP contribution is -2.15. The molecule has 0 aromatic heterocycles. The number of benzene rings is 2. The summed E-state index contributed by atoms with van der Waals surface area (Å²) in [6, 6.07) is 10.6. The van der Waals surface area contributed by atoms with E-state index in [0.717, 1.165) is 29.2 Å². The number of nitrogens with one attached hydrogen (secondary N) is 1. The number of halogens is 2. The first-order chi connectivity index (χ1) is 8.63. The first-order valence-electron chi connectivity index (χ1n) is 5.69. The van der Waals surface area contributed by atoms with Crippen LogP contribution in [0.15, 0.2) is 36.4 Å². The molecule has 0 saturated heterocycles. The smallest absolute Gasteiger partial charge is 0.125 e. The Bertz CT molecular complexity index is 592. The summed E-state index contributed by atoms with van der Waals surface area (Å²) in [5, 5.41) is 3.70. The number of hydrogen-bond acceptors (Lipinski definition) is 2. The maximum absolute atomic E-state index is 13.3. The van der Waals surface area contributed by atoms with Gasteiger partial charge in [0.05, 0.1) is 18.0 Å². The average Bonchev–Trinajstić information content (AvgIpc) is 2.69. The molecule has 2 aromatic carbocycles. The van der Waals surface area contributed by atoms with Crippen molar-refractivity contribution >= 4 is 23.0 Å². The van der Waals surface area contributed by atoms with E-state index in [-0.39, 0.29) is 5.82 Å². The third-order valence-electron chi connectivity index (χ3n) is 3.11. The van der Waals surface area contributed by atoms with Gasteiger partial charge in [0.15, 0.2) is 0 Å². The zero-order valence-corrected chi connectivity index (χ0v) is 10.6. The van der Waals surface area contributed by atoms with Gasteiger partial charge >= 0.3 is 0 Å². The fraction of sp³-hybridized carbons (Fsp3) is 0.143. The molecule has 0 unspecified atom stereocenters. The van der Waals surface area contributed by atoms with E-state index in [4.69, 9.17) is 11.6 Å². The maximum atomic E-state index is 13.3. The molecule has 1 heterocycles. The highest BCUT2D eigenvalue weighted by Gasteiger charge is 2.15. The first kappa shape index (κ1) is 11.4. The molecule has 1 aliphatic rings. The molecule has 0 radical (unpaired) electrons. The van der Waals surface area contributed by atoms with Crippen LogP contribution in [0.1, 0.15) is 0 Å². The third-order valence-corrected chi connectivity index (χ3v) is 3.33. The Morgan fingerprint density at radius 2 is 2.00 bits per heavy atom. The minimum absolute atomic E-state index is 0.317. The Balaban J connectivity index is 2.07. The Morgan fingerprint density at radius 1 is 1.17 bits per heavy atom. The summed E-state index contributed by atoms with van der Waals surface area (Å²) in [4.78, 5) is 2.12. The maximum Gasteiger partial charge on any atom is 0.125 e. The lowest BCUT2D eigenvalue weighted by molar-refractivity contribution is 0.628. The first-order valence-corrected chi connectivity index (χ1v) is 6.07. The number of hydrogen-bond donors (Lipinski definition) is 1. The van der Waals surface area contributed by atoms with Crippen molar-refractivity contribution in [1.29, 1.82) is 0 Å². The number of fused-ring (bicyclic) bond motifs is 1. The molecule has 0 atom stereocenters. The van der Waals surface area contributed by atoms with Crippen LogP contribution in [0.2, 0.25) is 5.02 Å². The fourth-order valence-corrected chi connectivity index (χ4v) is 2.42. The van der Waals surface area contributed by atoms with Crippen molar-refractivity contribution in [2.45, 2.75) is 0 Å². The second kappa shape index (κ2) is 4.18. The van der Waals surface area contributed by atoms with E-state index < -0.39 is 0 Å². The summed E-state index contributed by atoms with van der Waals surface area (Å²) in [6.45, 7) is 0.794. The van der Waals surface area contributed by atoms with E-state index in [9.17, 15) is 4.39 Å². The van der Waals surface area contributed by atoms with E-state index in [1.165, 1.54) is 12.1 Å². The molecule has 2 nitrogen and oxygen atoms in total. The van der Waals surface area contributed by atoms with Crippen LogP contribution in [0.25, 0.3) is 11.1 Å². The van der Waals surface area contributed by atoms with Gasteiger partial charge in [-0.3, -0.25) is 0 Å². The molecule has 1 aliphatic heterocycles. The van der Waals surface area contributed by atoms with E-state index in [0.29, 0.717) is 5.02 Å². The molecule has 1 N–H and O–H groups in total. The topological polar surface area (TPSA) is 15.3 Å². The molecule has 0 spiro atoms.